The van der Waals surface area contributed by atoms with E-state index in [1.807, 2.05) is 0 Å². The van der Waals surface area contributed by atoms with Gasteiger partial charge < -0.3 is 4.74 Å². The van der Waals surface area contributed by atoms with Crippen molar-refractivity contribution < 1.29 is 4.74 Å². The predicted molar refractivity (Wildman–Crippen MR) is 56.4 cm³/mol. The number of hydrogen-bond donors (Lipinski definition) is 0. The second kappa shape index (κ2) is 2.83. The number of rotatable bonds is 1. The lowest BCUT2D eigenvalue weighted by molar-refractivity contribution is 0.329. The summed E-state index contributed by atoms with van der Waals surface area (Å²) in [7, 11) is 0. The molecule has 1 fully saturated rings. The molecule has 0 radical (unpaired) electrons. The van der Waals surface area contributed by atoms with Gasteiger partial charge >= 0.3 is 0 Å². The zero-order valence-corrected chi connectivity index (χ0v) is 8.68. The molecule has 14 heavy (non-hydrogen) atoms. The van der Waals surface area contributed by atoms with E-state index in [9.17, 15) is 0 Å². The third-order valence-corrected chi connectivity index (χ3v) is 3.54. The molecule has 1 aromatic rings. The molecule has 1 saturated heterocycles. The van der Waals surface area contributed by atoms with Crippen LogP contribution in [-0.2, 0) is 23.2 Å². The molecule has 1 heterocycles. The number of ether oxygens (including phenoxy) is 1. The third kappa shape index (κ3) is 1.27. The fourth-order valence-electron chi connectivity index (χ4n) is 2.34. The zero-order chi connectivity index (χ0) is 9.60. The minimum Gasteiger partial charge on any atom is -0.365 e. The molecule has 0 saturated carbocycles. The summed E-state index contributed by atoms with van der Waals surface area (Å²) in [5.41, 5.74) is 4.54. The van der Waals surface area contributed by atoms with E-state index >= 15 is 0 Å². The molecule has 0 aromatic heterocycles. The van der Waals surface area contributed by atoms with Crippen molar-refractivity contribution in [3.05, 3.63) is 34.9 Å². The molecule has 0 N–H and O–H groups in total. The van der Waals surface area contributed by atoms with Crippen LogP contribution in [0.5, 0.6) is 0 Å². The molecule has 1 heteroatoms. The first-order valence-electron chi connectivity index (χ1n) is 5.54. The quantitative estimate of drug-likeness (QED) is 0.617. The van der Waals surface area contributed by atoms with E-state index in [0.29, 0.717) is 0 Å². The Morgan fingerprint density at radius 2 is 1.86 bits per heavy atom. The maximum Gasteiger partial charge on any atom is 0.114 e. The van der Waals surface area contributed by atoms with Crippen LogP contribution >= 0.6 is 0 Å². The standard InChI is InChI=1S/C13H16O/c1-13(9-14-13)12-7-6-10-4-2-3-5-11(10)8-12/h6-8H,2-5,9H2,1H3. The summed E-state index contributed by atoms with van der Waals surface area (Å²) < 4.78 is 5.47. The molecule has 1 unspecified atom stereocenters. The number of benzene rings is 1. The Hall–Kier alpha value is -0.820. The van der Waals surface area contributed by atoms with Crippen LogP contribution in [0.4, 0.5) is 0 Å². The zero-order valence-electron chi connectivity index (χ0n) is 8.68. The van der Waals surface area contributed by atoms with Gasteiger partial charge in [0.05, 0.1) is 6.61 Å². The highest BCUT2D eigenvalue weighted by Gasteiger charge is 2.41. The van der Waals surface area contributed by atoms with Crippen LogP contribution in [-0.4, -0.2) is 6.61 Å². The summed E-state index contributed by atoms with van der Waals surface area (Å²) in [5, 5.41) is 0. The molecule has 1 nitrogen and oxygen atoms in total. The molecule has 0 spiro atoms. The van der Waals surface area contributed by atoms with Gasteiger partial charge in [-0.3, -0.25) is 0 Å². The highest BCUT2D eigenvalue weighted by molar-refractivity contribution is 5.37. The largest absolute Gasteiger partial charge is 0.365 e. The predicted octanol–water partition coefficient (Wildman–Crippen LogP) is 2.81. The lowest BCUT2D eigenvalue weighted by Gasteiger charge is -2.17. The van der Waals surface area contributed by atoms with E-state index in [2.05, 4.69) is 25.1 Å². The Bertz CT molecular complexity index is 363. The van der Waals surface area contributed by atoms with Crippen molar-refractivity contribution in [2.24, 2.45) is 0 Å². The number of epoxide rings is 1. The van der Waals surface area contributed by atoms with Crippen LogP contribution in [0.25, 0.3) is 0 Å². The number of hydrogen-bond acceptors (Lipinski definition) is 1. The third-order valence-electron chi connectivity index (χ3n) is 3.54. The van der Waals surface area contributed by atoms with Gasteiger partial charge in [0.1, 0.15) is 5.60 Å². The van der Waals surface area contributed by atoms with Crippen molar-refractivity contribution in [1.29, 1.82) is 0 Å². The van der Waals surface area contributed by atoms with Gasteiger partial charge in [0, 0.05) is 0 Å². The van der Waals surface area contributed by atoms with Crippen molar-refractivity contribution in [2.45, 2.75) is 38.2 Å². The lowest BCUT2D eigenvalue weighted by Crippen LogP contribution is -2.07. The Balaban J connectivity index is 2.01. The van der Waals surface area contributed by atoms with Crippen molar-refractivity contribution in [3.8, 4) is 0 Å². The molecule has 2 aliphatic rings. The van der Waals surface area contributed by atoms with E-state index in [1.165, 1.54) is 31.2 Å². The van der Waals surface area contributed by atoms with Crippen LogP contribution in [0, 0.1) is 0 Å². The van der Waals surface area contributed by atoms with Gasteiger partial charge in [-0.25, -0.2) is 0 Å². The normalized spacial score (nSPS) is 29.8. The van der Waals surface area contributed by atoms with Gasteiger partial charge in [0.2, 0.25) is 0 Å². The van der Waals surface area contributed by atoms with Crippen LogP contribution in [0.1, 0.15) is 36.5 Å². The first-order chi connectivity index (χ1) is 6.78. The van der Waals surface area contributed by atoms with Crippen molar-refractivity contribution >= 4 is 0 Å². The van der Waals surface area contributed by atoms with Crippen molar-refractivity contribution in [2.75, 3.05) is 6.61 Å². The maximum atomic E-state index is 5.47. The molecule has 1 aliphatic carbocycles. The van der Waals surface area contributed by atoms with E-state index in [1.54, 1.807) is 11.1 Å². The summed E-state index contributed by atoms with van der Waals surface area (Å²) in [6, 6.07) is 6.91. The van der Waals surface area contributed by atoms with Gasteiger partial charge in [-0.1, -0.05) is 18.2 Å². The molecular weight excluding hydrogens is 172 g/mol. The summed E-state index contributed by atoms with van der Waals surface area (Å²) in [6.45, 7) is 3.07. The van der Waals surface area contributed by atoms with Crippen LogP contribution < -0.4 is 0 Å². The average Bonchev–Trinajstić information content (AvgIpc) is 2.97. The summed E-state index contributed by atoms with van der Waals surface area (Å²) in [4.78, 5) is 0. The van der Waals surface area contributed by atoms with E-state index in [0.717, 1.165) is 6.61 Å². The molecule has 1 aliphatic heterocycles. The van der Waals surface area contributed by atoms with E-state index < -0.39 is 0 Å². The fraction of sp³-hybridized carbons (Fsp3) is 0.538. The number of aryl methyl sites for hydroxylation is 2. The summed E-state index contributed by atoms with van der Waals surface area (Å²) >= 11 is 0. The second-order valence-corrected chi connectivity index (χ2v) is 4.71. The molecule has 0 bridgehead atoms. The summed E-state index contributed by atoms with van der Waals surface area (Å²) in [5.74, 6) is 0. The highest BCUT2D eigenvalue weighted by Crippen LogP contribution is 2.39. The number of fused-ring (bicyclic) bond motifs is 1. The minimum atomic E-state index is 0.0481. The van der Waals surface area contributed by atoms with E-state index in [-0.39, 0.29) is 5.60 Å². The Kier molecular flexibility index (Phi) is 1.72. The first kappa shape index (κ1) is 8.49. The molecule has 1 aromatic carbocycles. The second-order valence-electron chi connectivity index (χ2n) is 4.71. The maximum absolute atomic E-state index is 5.47. The van der Waals surface area contributed by atoms with Crippen LogP contribution in [0.2, 0.25) is 0 Å². The van der Waals surface area contributed by atoms with Crippen LogP contribution in [0.15, 0.2) is 18.2 Å². The first-order valence-corrected chi connectivity index (χ1v) is 5.54. The van der Waals surface area contributed by atoms with Crippen molar-refractivity contribution in [3.63, 3.8) is 0 Å². The average molecular weight is 188 g/mol. The fourth-order valence-corrected chi connectivity index (χ4v) is 2.34. The SMILES string of the molecule is CC1(c2ccc3c(c2)CCCC3)CO1. The van der Waals surface area contributed by atoms with Gasteiger partial charge in [0.15, 0.2) is 0 Å². The summed E-state index contributed by atoms with van der Waals surface area (Å²) in [6.07, 6.45) is 5.25. The highest BCUT2D eigenvalue weighted by atomic mass is 16.6. The van der Waals surface area contributed by atoms with Gasteiger partial charge in [0.25, 0.3) is 0 Å². The molecular formula is C13H16O. The molecule has 3 rings (SSSR count). The Morgan fingerprint density at radius 3 is 2.57 bits per heavy atom. The minimum absolute atomic E-state index is 0.0481. The molecule has 1 atom stereocenters. The van der Waals surface area contributed by atoms with Gasteiger partial charge in [-0.15, -0.1) is 0 Å². The lowest BCUT2D eigenvalue weighted by atomic mass is 9.88. The topological polar surface area (TPSA) is 12.5 Å². The van der Waals surface area contributed by atoms with E-state index in [4.69, 9.17) is 4.74 Å². The molecule has 0 amide bonds. The molecule has 74 valence electrons. The Labute approximate surface area is 85.1 Å². The van der Waals surface area contributed by atoms with Crippen LogP contribution in [0.3, 0.4) is 0 Å². The monoisotopic (exact) mass is 188 g/mol. The van der Waals surface area contributed by atoms with Gasteiger partial charge in [-0.2, -0.15) is 0 Å². The Morgan fingerprint density at radius 1 is 1.14 bits per heavy atom. The smallest absolute Gasteiger partial charge is 0.114 e. The van der Waals surface area contributed by atoms with Crippen molar-refractivity contribution in [1.82, 2.24) is 0 Å². The van der Waals surface area contributed by atoms with Gasteiger partial charge in [-0.05, 0) is 49.3 Å².